The number of anilines is 2. The predicted molar refractivity (Wildman–Crippen MR) is 79.2 cm³/mol. The van der Waals surface area contributed by atoms with E-state index in [1.807, 2.05) is 23.7 Å². The van der Waals surface area contributed by atoms with E-state index in [2.05, 4.69) is 28.6 Å². The van der Waals surface area contributed by atoms with Crippen molar-refractivity contribution in [3.05, 3.63) is 18.2 Å². The third kappa shape index (κ3) is 2.14. The Kier molecular flexibility index (Phi) is 3.06. The number of fused-ring (bicyclic) bond motifs is 1. The number of hydrogen-bond acceptors (Lipinski definition) is 4. The van der Waals surface area contributed by atoms with Gasteiger partial charge in [0, 0.05) is 13.1 Å². The molecule has 1 aliphatic heterocycles. The molecule has 0 radical (unpaired) electrons. The van der Waals surface area contributed by atoms with Crippen molar-refractivity contribution in [3.8, 4) is 0 Å². The van der Waals surface area contributed by atoms with Crippen LogP contribution in [-0.2, 0) is 7.05 Å². The van der Waals surface area contributed by atoms with Crippen LogP contribution in [0.5, 0.6) is 0 Å². The molecule has 1 saturated heterocycles. The van der Waals surface area contributed by atoms with Crippen LogP contribution in [0.25, 0.3) is 11.0 Å². The number of nitrogens with one attached hydrogen (secondary N) is 2. The molecule has 5 heteroatoms. The zero-order valence-corrected chi connectivity index (χ0v) is 11.5. The number of para-hydroxylation sites is 1. The van der Waals surface area contributed by atoms with Gasteiger partial charge in [-0.1, -0.05) is 6.07 Å². The second kappa shape index (κ2) is 4.74. The highest BCUT2D eigenvalue weighted by Crippen LogP contribution is 2.26. The highest BCUT2D eigenvalue weighted by atomic mass is 15.1. The highest BCUT2D eigenvalue weighted by molar-refractivity contribution is 5.90. The molecule has 1 aromatic carbocycles. The van der Waals surface area contributed by atoms with Gasteiger partial charge in [-0.15, -0.1) is 0 Å². The molecule has 0 saturated carbocycles. The van der Waals surface area contributed by atoms with Crippen LogP contribution in [0.2, 0.25) is 0 Å². The Morgan fingerprint density at radius 2 is 2.37 bits per heavy atom. The predicted octanol–water partition coefficient (Wildman–Crippen LogP) is 1.57. The number of rotatable bonds is 3. The molecule has 0 spiro atoms. The Labute approximate surface area is 113 Å². The lowest BCUT2D eigenvalue weighted by Crippen LogP contribution is -2.27. The fraction of sp³-hybridized carbons (Fsp3) is 0.500. The van der Waals surface area contributed by atoms with E-state index in [9.17, 15) is 0 Å². The molecule has 102 valence electrons. The van der Waals surface area contributed by atoms with E-state index in [0.717, 1.165) is 29.8 Å². The standard InChI is InChI=1S/C14H21N5/c1-9(10-6-7-16-8-10)17-11-4-3-5-12-13(11)18-14(15)19(12)2/h3-5,9-10,16-17H,6-8H2,1-2H3,(H2,15,18). The highest BCUT2D eigenvalue weighted by Gasteiger charge is 2.22. The molecule has 3 rings (SSSR count). The zero-order valence-electron chi connectivity index (χ0n) is 11.5. The summed E-state index contributed by atoms with van der Waals surface area (Å²) >= 11 is 0. The maximum Gasteiger partial charge on any atom is 0.201 e. The van der Waals surface area contributed by atoms with Gasteiger partial charge in [-0.2, -0.15) is 0 Å². The SMILES string of the molecule is CC(Nc1cccc2c1nc(N)n2C)C1CCNC1. The Morgan fingerprint density at radius 3 is 3.11 bits per heavy atom. The minimum atomic E-state index is 0.434. The van der Waals surface area contributed by atoms with Gasteiger partial charge in [0.2, 0.25) is 5.95 Å². The van der Waals surface area contributed by atoms with Gasteiger partial charge in [0.1, 0.15) is 5.52 Å². The summed E-state index contributed by atoms with van der Waals surface area (Å²) in [5.41, 5.74) is 8.99. The maximum absolute atomic E-state index is 5.89. The lowest BCUT2D eigenvalue weighted by Gasteiger charge is -2.21. The van der Waals surface area contributed by atoms with Crippen LogP contribution < -0.4 is 16.4 Å². The molecule has 1 aromatic heterocycles. The Hall–Kier alpha value is -1.75. The number of aryl methyl sites for hydroxylation is 1. The number of nitrogens with zero attached hydrogens (tertiary/aromatic N) is 2. The van der Waals surface area contributed by atoms with Crippen LogP contribution in [0, 0.1) is 5.92 Å². The summed E-state index contributed by atoms with van der Waals surface area (Å²) in [6.45, 7) is 4.45. The first-order chi connectivity index (χ1) is 9.16. The van der Waals surface area contributed by atoms with E-state index in [1.54, 1.807) is 0 Å². The van der Waals surface area contributed by atoms with Gasteiger partial charge in [-0.05, 0) is 44.5 Å². The van der Waals surface area contributed by atoms with Crippen LogP contribution >= 0.6 is 0 Å². The molecule has 0 amide bonds. The van der Waals surface area contributed by atoms with E-state index >= 15 is 0 Å². The molecule has 1 fully saturated rings. The lowest BCUT2D eigenvalue weighted by atomic mass is 10.0. The summed E-state index contributed by atoms with van der Waals surface area (Å²) in [7, 11) is 1.94. The molecule has 19 heavy (non-hydrogen) atoms. The molecule has 5 nitrogen and oxygen atoms in total. The van der Waals surface area contributed by atoms with Crippen molar-refractivity contribution in [1.82, 2.24) is 14.9 Å². The van der Waals surface area contributed by atoms with Crippen molar-refractivity contribution in [2.75, 3.05) is 24.1 Å². The summed E-state index contributed by atoms with van der Waals surface area (Å²) in [5.74, 6) is 1.23. The van der Waals surface area contributed by atoms with Gasteiger partial charge in [-0.25, -0.2) is 4.98 Å². The van der Waals surface area contributed by atoms with Crippen LogP contribution in [0.4, 0.5) is 11.6 Å². The second-order valence-electron chi connectivity index (χ2n) is 5.39. The topological polar surface area (TPSA) is 67.9 Å². The molecular formula is C14H21N5. The third-order valence-corrected chi connectivity index (χ3v) is 4.13. The van der Waals surface area contributed by atoms with E-state index in [-0.39, 0.29) is 0 Å². The van der Waals surface area contributed by atoms with Crippen LogP contribution in [0.1, 0.15) is 13.3 Å². The normalized spacial score (nSPS) is 20.8. The Morgan fingerprint density at radius 1 is 1.53 bits per heavy atom. The van der Waals surface area contributed by atoms with Crippen LogP contribution in [0.15, 0.2) is 18.2 Å². The second-order valence-corrected chi connectivity index (χ2v) is 5.39. The first-order valence-electron chi connectivity index (χ1n) is 6.85. The van der Waals surface area contributed by atoms with Crippen molar-refractivity contribution >= 4 is 22.7 Å². The Bertz CT molecular complexity index is 583. The molecule has 2 aromatic rings. The summed E-state index contributed by atoms with van der Waals surface area (Å²) in [6, 6.07) is 6.61. The molecule has 0 aliphatic carbocycles. The Balaban J connectivity index is 1.90. The number of benzene rings is 1. The van der Waals surface area contributed by atoms with Crippen molar-refractivity contribution in [1.29, 1.82) is 0 Å². The van der Waals surface area contributed by atoms with E-state index in [1.165, 1.54) is 6.42 Å². The third-order valence-electron chi connectivity index (χ3n) is 4.13. The molecule has 2 unspecified atom stereocenters. The van der Waals surface area contributed by atoms with Crippen LogP contribution in [0.3, 0.4) is 0 Å². The van der Waals surface area contributed by atoms with Gasteiger partial charge < -0.3 is 20.9 Å². The number of aromatic nitrogens is 2. The van der Waals surface area contributed by atoms with E-state index in [0.29, 0.717) is 17.9 Å². The summed E-state index contributed by atoms with van der Waals surface area (Å²) < 4.78 is 1.92. The molecule has 4 N–H and O–H groups in total. The van der Waals surface area contributed by atoms with Gasteiger partial charge in [0.25, 0.3) is 0 Å². The average molecular weight is 259 g/mol. The first kappa shape index (κ1) is 12.3. The quantitative estimate of drug-likeness (QED) is 0.782. The number of nitrogens with two attached hydrogens (primary N) is 1. The monoisotopic (exact) mass is 259 g/mol. The first-order valence-corrected chi connectivity index (χ1v) is 6.85. The van der Waals surface area contributed by atoms with Crippen molar-refractivity contribution < 1.29 is 0 Å². The van der Waals surface area contributed by atoms with Crippen molar-refractivity contribution in [2.45, 2.75) is 19.4 Å². The molecule has 0 bridgehead atoms. The molecular weight excluding hydrogens is 238 g/mol. The summed E-state index contributed by atoms with van der Waals surface area (Å²) in [6.07, 6.45) is 1.23. The minimum Gasteiger partial charge on any atom is -0.380 e. The number of nitrogen functional groups attached to an aromatic ring is 1. The van der Waals surface area contributed by atoms with Gasteiger partial charge in [0.05, 0.1) is 11.2 Å². The number of imidazole rings is 1. The average Bonchev–Trinajstić information content (AvgIpc) is 3.01. The smallest absolute Gasteiger partial charge is 0.201 e. The largest absolute Gasteiger partial charge is 0.380 e. The molecule has 2 heterocycles. The van der Waals surface area contributed by atoms with Gasteiger partial charge in [-0.3, -0.25) is 0 Å². The summed E-state index contributed by atoms with van der Waals surface area (Å²) in [4.78, 5) is 4.45. The fourth-order valence-corrected chi connectivity index (χ4v) is 2.82. The van der Waals surface area contributed by atoms with Gasteiger partial charge >= 0.3 is 0 Å². The van der Waals surface area contributed by atoms with Gasteiger partial charge in [0.15, 0.2) is 0 Å². The maximum atomic E-state index is 5.89. The molecule has 1 aliphatic rings. The van der Waals surface area contributed by atoms with Crippen LogP contribution in [-0.4, -0.2) is 28.7 Å². The zero-order chi connectivity index (χ0) is 13.4. The molecule has 2 atom stereocenters. The number of hydrogen-bond donors (Lipinski definition) is 3. The van der Waals surface area contributed by atoms with Crippen molar-refractivity contribution in [2.24, 2.45) is 13.0 Å². The summed E-state index contributed by atoms with van der Waals surface area (Å²) in [5, 5.41) is 7.01. The van der Waals surface area contributed by atoms with E-state index < -0.39 is 0 Å². The van der Waals surface area contributed by atoms with E-state index in [4.69, 9.17) is 5.73 Å². The fourth-order valence-electron chi connectivity index (χ4n) is 2.82. The van der Waals surface area contributed by atoms with Crippen molar-refractivity contribution in [3.63, 3.8) is 0 Å². The minimum absolute atomic E-state index is 0.434. The lowest BCUT2D eigenvalue weighted by molar-refractivity contribution is 0.510.